The van der Waals surface area contributed by atoms with Crippen LogP contribution in [0.15, 0.2) is 70.9 Å². The lowest BCUT2D eigenvalue weighted by atomic mass is 10.1. The summed E-state index contributed by atoms with van der Waals surface area (Å²) in [5.41, 5.74) is 3.74. The Morgan fingerprint density at radius 2 is 1.50 bits per heavy atom. The highest BCUT2D eigenvalue weighted by atomic mass is 16.5. The average Bonchev–Trinajstić information content (AvgIpc) is 2.65. The van der Waals surface area contributed by atoms with E-state index in [-0.39, 0.29) is 5.75 Å². The molecule has 0 spiro atoms. The van der Waals surface area contributed by atoms with Crippen molar-refractivity contribution in [1.82, 2.24) is 0 Å². The molecule has 0 aliphatic heterocycles. The topological polar surface area (TPSA) is 78.0 Å². The Morgan fingerprint density at radius 1 is 0.885 bits per heavy atom. The summed E-state index contributed by atoms with van der Waals surface area (Å²) in [4.78, 5) is 0. The SMILES string of the molecule is Cc1cc(N=Nc2ccc(C#N)cc2)cc(C)c1Oc1ccccc1O. The van der Waals surface area contributed by atoms with Crippen LogP contribution in [0.2, 0.25) is 0 Å². The highest BCUT2D eigenvalue weighted by molar-refractivity contribution is 5.54. The zero-order chi connectivity index (χ0) is 18.5. The van der Waals surface area contributed by atoms with Crippen molar-refractivity contribution in [3.63, 3.8) is 0 Å². The maximum atomic E-state index is 9.88. The summed E-state index contributed by atoms with van der Waals surface area (Å²) in [5.74, 6) is 1.19. The van der Waals surface area contributed by atoms with Gasteiger partial charge in [-0.15, -0.1) is 0 Å². The normalized spacial score (nSPS) is 10.7. The highest BCUT2D eigenvalue weighted by Gasteiger charge is 2.10. The van der Waals surface area contributed by atoms with Crippen LogP contribution in [-0.4, -0.2) is 5.11 Å². The minimum absolute atomic E-state index is 0.0934. The molecule has 26 heavy (non-hydrogen) atoms. The number of aromatic hydroxyl groups is 1. The summed E-state index contributed by atoms with van der Waals surface area (Å²) in [5, 5.41) is 27.1. The number of hydrogen-bond donors (Lipinski definition) is 1. The summed E-state index contributed by atoms with van der Waals surface area (Å²) in [6.45, 7) is 3.84. The van der Waals surface area contributed by atoms with Gasteiger partial charge in [-0.2, -0.15) is 15.5 Å². The number of phenols is 1. The molecule has 0 atom stereocenters. The molecule has 0 aromatic heterocycles. The van der Waals surface area contributed by atoms with E-state index in [0.717, 1.165) is 11.1 Å². The van der Waals surface area contributed by atoms with E-state index in [2.05, 4.69) is 16.3 Å². The molecule has 128 valence electrons. The third-order valence-corrected chi connectivity index (χ3v) is 3.80. The van der Waals surface area contributed by atoms with Crippen LogP contribution in [0, 0.1) is 25.2 Å². The van der Waals surface area contributed by atoms with E-state index in [9.17, 15) is 5.11 Å². The minimum atomic E-state index is 0.0934. The van der Waals surface area contributed by atoms with Gasteiger partial charge in [0.1, 0.15) is 5.75 Å². The van der Waals surface area contributed by atoms with E-state index in [1.165, 1.54) is 0 Å². The Hall–Kier alpha value is -3.65. The molecule has 0 bridgehead atoms. The minimum Gasteiger partial charge on any atom is -0.504 e. The summed E-state index contributed by atoms with van der Waals surface area (Å²) in [7, 11) is 0. The van der Waals surface area contributed by atoms with Crippen molar-refractivity contribution >= 4 is 11.4 Å². The number of azo groups is 1. The van der Waals surface area contributed by atoms with Gasteiger partial charge in [-0.05, 0) is 73.5 Å². The molecule has 0 saturated carbocycles. The number of nitrogens with zero attached hydrogens (tertiary/aromatic N) is 3. The number of phenolic OH excluding ortho intramolecular Hbond substituents is 1. The molecule has 0 radical (unpaired) electrons. The average molecular weight is 343 g/mol. The van der Waals surface area contributed by atoms with Crippen molar-refractivity contribution < 1.29 is 9.84 Å². The molecule has 0 unspecified atom stereocenters. The van der Waals surface area contributed by atoms with Gasteiger partial charge in [0.2, 0.25) is 0 Å². The number of benzene rings is 3. The zero-order valence-electron chi connectivity index (χ0n) is 14.5. The lowest BCUT2D eigenvalue weighted by Gasteiger charge is -2.13. The van der Waals surface area contributed by atoms with E-state index in [1.807, 2.05) is 26.0 Å². The van der Waals surface area contributed by atoms with Crippen LogP contribution in [0.1, 0.15) is 16.7 Å². The van der Waals surface area contributed by atoms with Gasteiger partial charge < -0.3 is 9.84 Å². The summed E-state index contributed by atoms with van der Waals surface area (Å²) >= 11 is 0. The number of para-hydroxylation sites is 2. The molecule has 3 rings (SSSR count). The second kappa shape index (κ2) is 7.49. The first-order valence-corrected chi connectivity index (χ1v) is 8.06. The van der Waals surface area contributed by atoms with Crippen molar-refractivity contribution in [2.24, 2.45) is 10.2 Å². The van der Waals surface area contributed by atoms with Gasteiger partial charge in [-0.1, -0.05) is 12.1 Å². The molecule has 0 aliphatic rings. The smallest absolute Gasteiger partial charge is 0.169 e. The van der Waals surface area contributed by atoms with Crippen LogP contribution in [0.4, 0.5) is 11.4 Å². The number of ether oxygens (including phenoxy) is 1. The van der Waals surface area contributed by atoms with E-state index >= 15 is 0 Å². The first kappa shape index (κ1) is 17.2. The monoisotopic (exact) mass is 343 g/mol. The Labute approximate surface area is 151 Å². The van der Waals surface area contributed by atoms with E-state index in [4.69, 9.17) is 10.00 Å². The van der Waals surface area contributed by atoms with Crippen LogP contribution in [0.3, 0.4) is 0 Å². The summed E-state index contributed by atoms with van der Waals surface area (Å²) in [6.07, 6.45) is 0. The van der Waals surface area contributed by atoms with Gasteiger partial charge in [0.25, 0.3) is 0 Å². The summed E-state index contributed by atoms with van der Waals surface area (Å²) in [6, 6.07) is 19.6. The van der Waals surface area contributed by atoms with E-state index in [1.54, 1.807) is 48.5 Å². The lowest BCUT2D eigenvalue weighted by Crippen LogP contribution is -1.91. The van der Waals surface area contributed by atoms with Gasteiger partial charge in [0.15, 0.2) is 11.5 Å². The zero-order valence-corrected chi connectivity index (χ0v) is 14.5. The molecule has 3 aromatic rings. The maximum Gasteiger partial charge on any atom is 0.169 e. The predicted molar refractivity (Wildman–Crippen MR) is 99.4 cm³/mol. The van der Waals surface area contributed by atoms with Gasteiger partial charge >= 0.3 is 0 Å². The Kier molecular flexibility index (Phi) is 4.95. The molecule has 1 N–H and O–H groups in total. The molecule has 0 heterocycles. The Bertz CT molecular complexity index is 980. The van der Waals surface area contributed by atoms with Crippen molar-refractivity contribution in [2.75, 3.05) is 0 Å². The van der Waals surface area contributed by atoms with Gasteiger partial charge in [0.05, 0.1) is 23.0 Å². The van der Waals surface area contributed by atoms with Crippen molar-refractivity contribution in [1.29, 1.82) is 5.26 Å². The van der Waals surface area contributed by atoms with Crippen molar-refractivity contribution in [2.45, 2.75) is 13.8 Å². The first-order chi connectivity index (χ1) is 12.6. The lowest BCUT2D eigenvalue weighted by molar-refractivity contribution is 0.408. The van der Waals surface area contributed by atoms with Crippen molar-refractivity contribution in [3.05, 3.63) is 77.4 Å². The Balaban J connectivity index is 1.83. The fourth-order valence-electron chi connectivity index (χ4n) is 2.52. The first-order valence-electron chi connectivity index (χ1n) is 8.06. The molecule has 3 aromatic carbocycles. The fraction of sp³-hybridized carbons (Fsp3) is 0.0952. The molecule has 5 nitrogen and oxygen atoms in total. The number of rotatable bonds is 4. The molecule has 5 heteroatoms. The van der Waals surface area contributed by atoms with Crippen molar-refractivity contribution in [3.8, 4) is 23.3 Å². The largest absolute Gasteiger partial charge is 0.504 e. The highest BCUT2D eigenvalue weighted by Crippen LogP contribution is 2.36. The van der Waals surface area contributed by atoms with Crippen LogP contribution in [0.25, 0.3) is 0 Å². The van der Waals surface area contributed by atoms with E-state index < -0.39 is 0 Å². The molecular formula is C21H17N3O2. The second-order valence-corrected chi connectivity index (χ2v) is 5.84. The van der Waals surface area contributed by atoms with Crippen LogP contribution in [0.5, 0.6) is 17.2 Å². The fourth-order valence-corrected chi connectivity index (χ4v) is 2.52. The van der Waals surface area contributed by atoms with Gasteiger partial charge in [0, 0.05) is 0 Å². The summed E-state index contributed by atoms with van der Waals surface area (Å²) < 4.78 is 5.86. The molecule has 0 saturated heterocycles. The number of nitriles is 1. The molecular weight excluding hydrogens is 326 g/mol. The molecule has 0 amide bonds. The van der Waals surface area contributed by atoms with Gasteiger partial charge in [-0.25, -0.2) is 0 Å². The quantitative estimate of drug-likeness (QED) is 0.582. The predicted octanol–water partition coefficient (Wildman–Crippen LogP) is 6.09. The Morgan fingerprint density at radius 3 is 2.12 bits per heavy atom. The second-order valence-electron chi connectivity index (χ2n) is 5.84. The van der Waals surface area contributed by atoms with E-state index in [0.29, 0.717) is 28.4 Å². The van der Waals surface area contributed by atoms with Crippen LogP contribution in [-0.2, 0) is 0 Å². The number of hydrogen-bond acceptors (Lipinski definition) is 5. The maximum absolute atomic E-state index is 9.88. The van der Waals surface area contributed by atoms with Crippen LogP contribution < -0.4 is 4.74 Å². The third-order valence-electron chi connectivity index (χ3n) is 3.80. The standard InChI is InChI=1S/C21H17N3O2/c1-14-11-18(24-23-17-9-7-16(13-22)8-10-17)12-15(2)21(14)26-20-6-4-3-5-19(20)25/h3-12,25H,1-2H3. The molecule has 0 aliphatic carbocycles. The van der Waals surface area contributed by atoms with Crippen LogP contribution >= 0.6 is 0 Å². The number of aryl methyl sites for hydroxylation is 2. The van der Waals surface area contributed by atoms with Gasteiger partial charge in [-0.3, -0.25) is 0 Å². The molecule has 0 fully saturated rings. The third kappa shape index (κ3) is 3.87.